The second-order valence-corrected chi connectivity index (χ2v) is 5.07. The van der Waals surface area contributed by atoms with Gasteiger partial charge in [-0.05, 0) is 18.9 Å². The van der Waals surface area contributed by atoms with Gasteiger partial charge in [-0.15, -0.1) is 11.3 Å². The highest BCUT2D eigenvalue weighted by atomic mass is 35.5. The molecule has 15 heavy (non-hydrogen) atoms. The van der Waals surface area contributed by atoms with Gasteiger partial charge in [0, 0.05) is 10.4 Å². The molecule has 78 valence electrons. The number of aryl methyl sites for hydroxylation is 2. The van der Waals surface area contributed by atoms with Crippen molar-refractivity contribution in [1.29, 1.82) is 0 Å². The van der Waals surface area contributed by atoms with Crippen molar-refractivity contribution in [2.45, 2.75) is 20.3 Å². The summed E-state index contributed by atoms with van der Waals surface area (Å²) in [6.45, 7) is 4.23. The molecular formula is C12H12ClNS. The maximum Gasteiger partial charge on any atom is 0.184 e. The Hall–Kier alpha value is -0.860. The molecule has 0 unspecified atom stereocenters. The Morgan fingerprint density at radius 2 is 2.07 bits per heavy atom. The number of halogens is 1. The third kappa shape index (κ3) is 2.06. The van der Waals surface area contributed by atoms with Gasteiger partial charge in [0.15, 0.2) is 4.47 Å². The average molecular weight is 238 g/mol. The molecule has 0 N–H and O–H groups in total. The quantitative estimate of drug-likeness (QED) is 0.758. The van der Waals surface area contributed by atoms with Crippen LogP contribution in [0.5, 0.6) is 0 Å². The third-order valence-electron chi connectivity index (χ3n) is 2.39. The summed E-state index contributed by atoms with van der Waals surface area (Å²) in [4.78, 5) is 5.66. The average Bonchev–Trinajstić information content (AvgIpc) is 2.60. The van der Waals surface area contributed by atoms with Crippen LogP contribution in [0.3, 0.4) is 0 Å². The molecule has 0 atom stereocenters. The third-order valence-corrected chi connectivity index (χ3v) is 3.70. The van der Waals surface area contributed by atoms with Gasteiger partial charge in [-0.1, -0.05) is 42.8 Å². The lowest BCUT2D eigenvalue weighted by Gasteiger charge is -2.03. The fourth-order valence-electron chi connectivity index (χ4n) is 1.61. The lowest BCUT2D eigenvalue weighted by atomic mass is 10.0. The normalized spacial score (nSPS) is 10.6. The van der Waals surface area contributed by atoms with Gasteiger partial charge in [-0.2, -0.15) is 0 Å². The Labute approximate surface area is 98.7 Å². The van der Waals surface area contributed by atoms with E-state index >= 15 is 0 Å². The van der Waals surface area contributed by atoms with E-state index in [0.717, 1.165) is 12.1 Å². The van der Waals surface area contributed by atoms with Gasteiger partial charge in [-0.25, -0.2) is 4.98 Å². The maximum absolute atomic E-state index is 5.95. The summed E-state index contributed by atoms with van der Waals surface area (Å²) in [6.07, 6.45) is 0.980. The highest BCUT2D eigenvalue weighted by Crippen LogP contribution is 2.32. The molecular weight excluding hydrogens is 226 g/mol. The monoisotopic (exact) mass is 237 g/mol. The molecule has 1 aromatic carbocycles. The number of nitrogens with zero attached hydrogens (tertiary/aromatic N) is 1. The number of thiazole rings is 1. The number of hydrogen-bond acceptors (Lipinski definition) is 2. The first kappa shape index (κ1) is 10.7. The summed E-state index contributed by atoms with van der Waals surface area (Å²) in [7, 11) is 0. The van der Waals surface area contributed by atoms with Gasteiger partial charge in [0.2, 0.25) is 0 Å². The molecule has 0 aliphatic carbocycles. The van der Waals surface area contributed by atoms with Crippen molar-refractivity contribution < 1.29 is 0 Å². The zero-order valence-corrected chi connectivity index (χ0v) is 10.3. The minimum absolute atomic E-state index is 0.630. The number of benzene rings is 1. The number of aromatic nitrogens is 1. The van der Waals surface area contributed by atoms with Gasteiger partial charge in [-0.3, -0.25) is 0 Å². The van der Waals surface area contributed by atoms with Crippen molar-refractivity contribution in [2.24, 2.45) is 0 Å². The standard InChI is InChI=1S/C12H12ClNS/c1-3-10-11(14-12(13)15-10)9-7-5-4-6-8(9)2/h4-7H,3H2,1-2H3. The molecule has 0 aliphatic rings. The van der Waals surface area contributed by atoms with Crippen molar-refractivity contribution in [3.8, 4) is 11.3 Å². The molecule has 1 heterocycles. The first-order valence-electron chi connectivity index (χ1n) is 4.93. The number of hydrogen-bond donors (Lipinski definition) is 0. The van der Waals surface area contributed by atoms with E-state index in [-0.39, 0.29) is 0 Å². The second kappa shape index (κ2) is 4.33. The van der Waals surface area contributed by atoms with Gasteiger partial charge in [0.05, 0.1) is 5.69 Å². The SMILES string of the molecule is CCc1sc(Cl)nc1-c1ccccc1C. The van der Waals surface area contributed by atoms with Crippen molar-refractivity contribution in [3.63, 3.8) is 0 Å². The Kier molecular flexibility index (Phi) is 3.08. The van der Waals surface area contributed by atoms with E-state index in [1.165, 1.54) is 16.0 Å². The topological polar surface area (TPSA) is 12.9 Å². The van der Waals surface area contributed by atoms with Crippen LogP contribution in [-0.4, -0.2) is 4.98 Å². The number of rotatable bonds is 2. The van der Waals surface area contributed by atoms with E-state index < -0.39 is 0 Å². The molecule has 1 nitrogen and oxygen atoms in total. The molecule has 0 amide bonds. The van der Waals surface area contributed by atoms with Crippen LogP contribution in [-0.2, 0) is 6.42 Å². The van der Waals surface area contributed by atoms with Crippen LogP contribution in [0.25, 0.3) is 11.3 Å². The van der Waals surface area contributed by atoms with Crippen LogP contribution in [0.4, 0.5) is 0 Å². The van der Waals surface area contributed by atoms with Crippen LogP contribution in [0.15, 0.2) is 24.3 Å². The molecule has 0 saturated carbocycles. The van der Waals surface area contributed by atoms with Crippen LogP contribution in [0, 0.1) is 6.92 Å². The highest BCUT2D eigenvalue weighted by molar-refractivity contribution is 7.16. The first-order valence-corrected chi connectivity index (χ1v) is 6.13. The molecule has 0 bridgehead atoms. The van der Waals surface area contributed by atoms with Crippen molar-refractivity contribution in [1.82, 2.24) is 4.98 Å². The summed E-state index contributed by atoms with van der Waals surface area (Å²) in [5.74, 6) is 0. The van der Waals surface area contributed by atoms with Gasteiger partial charge in [0.25, 0.3) is 0 Å². The second-order valence-electron chi connectivity index (χ2n) is 3.41. The van der Waals surface area contributed by atoms with Crippen molar-refractivity contribution >= 4 is 22.9 Å². The van der Waals surface area contributed by atoms with Crippen molar-refractivity contribution in [2.75, 3.05) is 0 Å². The Morgan fingerprint density at radius 3 is 2.73 bits per heavy atom. The van der Waals surface area contributed by atoms with Gasteiger partial charge >= 0.3 is 0 Å². The zero-order chi connectivity index (χ0) is 10.8. The molecule has 2 rings (SSSR count). The molecule has 2 aromatic rings. The summed E-state index contributed by atoms with van der Waals surface area (Å²) < 4.78 is 0.630. The van der Waals surface area contributed by atoms with Gasteiger partial charge < -0.3 is 0 Å². The fourth-order valence-corrected chi connectivity index (χ4v) is 2.71. The molecule has 0 radical (unpaired) electrons. The van der Waals surface area contributed by atoms with E-state index in [2.05, 4.69) is 31.0 Å². The molecule has 0 saturated heterocycles. The van der Waals surface area contributed by atoms with Crippen LogP contribution >= 0.6 is 22.9 Å². The predicted molar refractivity (Wildman–Crippen MR) is 66.7 cm³/mol. The van der Waals surface area contributed by atoms with Gasteiger partial charge in [0.1, 0.15) is 0 Å². The first-order chi connectivity index (χ1) is 7.22. The van der Waals surface area contributed by atoms with Crippen LogP contribution in [0.2, 0.25) is 4.47 Å². The Bertz CT molecular complexity index is 476. The molecule has 0 aliphatic heterocycles. The molecule has 0 spiro atoms. The Morgan fingerprint density at radius 1 is 1.33 bits per heavy atom. The maximum atomic E-state index is 5.95. The summed E-state index contributed by atoms with van der Waals surface area (Å²) in [5.41, 5.74) is 3.48. The minimum Gasteiger partial charge on any atom is -0.225 e. The Balaban J connectivity index is 2.58. The highest BCUT2D eigenvalue weighted by Gasteiger charge is 2.11. The summed E-state index contributed by atoms with van der Waals surface area (Å²) >= 11 is 7.53. The van der Waals surface area contributed by atoms with E-state index in [9.17, 15) is 0 Å². The lowest BCUT2D eigenvalue weighted by Crippen LogP contribution is -1.86. The van der Waals surface area contributed by atoms with E-state index in [0.29, 0.717) is 4.47 Å². The van der Waals surface area contributed by atoms with E-state index in [4.69, 9.17) is 11.6 Å². The molecule has 0 fully saturated rings. The minimum atomic E-state index is 0.630. The predicted octanol–water partition coefficient (Wildman–Crippen LogP) is 4.33. The largest absolute Gasteiger partial charge is 0.225 e. The van der Waals surface area contributed by atoms with Crippen molar-refractivity contribution in [3.05, 3.63) is 39.2 Å². The molecule has 3 heteroatoms. The van der Waals surface area contributed by atoms with E-state index in [1.807, 2.05) is 12.1 Å². The summed E-state index contributed by atoms with van der Waals surface area (Å²) in [5, 5.41) is 0. The fraction of sp³-hybridized carbons (Fsp3) is 0.250. The molecule has 1 aromatic heterocycles. The van der Waals surface area contributed by atoms with E-state index in [1.54, 1.807) is 11.3 Å². The smallest absolute Gasteiger partial charge is 0.184 e. The van der Waals surface area contributed by atoms with Crippen LogP contribution in [0.1, 0.15) is 17.4 Å². The summed E-state index contributed by atoms with van der Waals surface area (Å²) in [6, 6.07) is 8.27. The zero-order valence-electron chi connectivity index (χ0n) is 8.75. The lowest BCUT2D eigenvalue weighted by molar-refractivity contribution is 1.17. The van der Waals surface area contributed by atoms with Crippen LogP contribution < -0.4 is 0 Å².